The molecule has 1 fully saturated rings. The Hall–Kier alpha value is -3.03. The number of nitrogens with one attached hydrogen (secondary N) is 1. The Balaban J connectivity index is 1.59. The van der Waals surface area contributed by atoms with Gasteiger partial charge in [0, 0.05) is 18.3 Å². The Bertz CT molecular complexity index is 948. The fourth-order valence-electron chi connectivity index (χ4n) is 2.58. The molecule has 25 heavy (non-hydrogen) atoms. The predicted octanol–water partition coefficient (Wildman–Crippen LogP) is 2.86. The van der Waals surface area contributed by atoms with E-state index in [0.717, 1.165) is 5.56 Å². The van der Waals surface area contributed by atoms with E-state index in [0.29, 0.717) is 35.1 Å². The summed E-state index contributed by atoms with van der Waals surface area (Å²) in [6.07, 6.45) is 2.61. The Labute approximate surface area is 142 Å². The summed E-state index contributed by atoms with van der Waals surface area (Å²) in [5.74, 6) is 0.164. The second-order valence-corrected chi connectivity index (χ2v) is 6.19. The first-order valence-electron chi connectivity index (χ1n) is 7.89. The van der Waals surface area contributed by atoms with Crippen LogP contribution < -0.4 is 5.32 Å². The summed E-state index contributed by atoms with van der Waals surface area (Å²) in [5, 5.41) is 6.78. The first-order chi connectivity index (χ1) is 12.0. The number of alkyl halides is 1. The molecule has 1 saturated carbocycles. The Morgan fingerprint density at radius 2 is 2.24 bits per heavy atom. The molecule has 1 N–H and O–H groups in total. The van der Waals surface area contributed by atoms with Gasteiger partial charge in [0.15, 0.2) is 0 Å². The van der Waals surface area contributed by atoms with Crippen LogP contribution in [0.15, 0.2) is 35.2 Å². The van der Waals surface area contributed by atoms with Crippen LogP contribution in [0.25, 0.3) is 11.4 Å². The van der Waals surface area contributed by atoms with Gasteiger partial charge in [-0.2, -0.15) is 4.98 Å². The Kier molecular flexibility index (Phi) is 3.60. The molecule has 1 aromatic carbocycles. The highest BCUT2D eigenvalue weighted by atomic mass is 19.1. The largest absolute Gasteiger partial charge is 0.339 e. The number of aryl methyl sites for hydroxylation is 2. The number of amides is 1. The number of nitrogens with zero attached hydrogens (tertiary/aromatic N) is 4. The molecule has 1 amide bonds. The summed E-state index contributed by atoms with van der Waals surface area (Å²) in [5.41, 5.74) is 2.69. The molecule has 8 heteroatoms. The van der Waals surface area contributed by atoms with Gasteiger partial charge in [-0.1, -0.05) is 17.3 Å². The van der Waals surface area contributed by atoms with E-state index < -0.39 is 6.17 Å². The minimum absolute atomic E-state index is 0.257. The van der Waals surface area contributed by atoms with Gasteiger partial charge in [-0.3, -0.25) is 4.79 Å². The van der Waals surface area contributed by atoms with Crippen molar-refractivity contribution in [2.24, 2.45) is 7.05 Å². The highest BCUT2D eigenvalue weighted by Gasteiger charge is 2.43. The fourth-order valence-corrected chi connectivity index (χ4v) is 2.58. The molecule has 0 unspecified atom stereocenters. The second kappa shape index (κ2) is 5.80. The normalized spacial score (nSPS) is 19.0. The Morgan fingerprint density at radius 3 is 2.92 bits per heavy atom. The summed E-state index contributed by atoms with van der Waals surface area (Å²) < 4.78 is 19.9. The number of imidazole rings is 1. The highest BCUT2D eigenvalue weighted by Crippen LogP contribution is 2.43. The van der Waals surface area contributed by atoms with Crippen LogP contribution in [0.5, 0.6) is 0 Å². The maximum atomic E-state index is 13.1. The summed E-state index contributed by atoms with van der Waals surface area (Å²) in [6, 6.07) is 5.47. The van der Waals surface area contributed by atoms with E-state index in [2.05, 4.69) is 20.4 Å². The smallest absolute Gasteiger partial charge is 0.273 e. The lowest BCUT2D eigenvalue weighted by molar-refractivity contribution is 0.101. The van der Waals surface area contributed by atoms with E-state index in [1.165, 1.54) is 6.20 Å². The third-order valence-corrected chi connectivity index (χ3v) is 4.26. The van der Waals surface area contributed by atoms with Crippen LogP contribution in [-0.4, -0.2) is 31.8 Å². The molecule has 4 rings (SSSR count). The van der Waals surface area contributed by atoms with Gasteiger partial charge in [-0.15, -0.1) is 0 Å². The lowest BCUT2D eigenvalue weighted by Crippen LogP contribution is -2.16. The number of carbonyl (C=O) groups is 1. The van der Waals surface area contributed by atoms with Crippen molar-refractivity contribution in [3.63, 3.8) is 0 Å². The van der Waals surface area contributed by atoms with Gasteiger partial charge in [0.05, 0.1) is 18.4 Å². The van der Waals surface area contributed by atoms with E-state index in [-0.39, 0.29) is 11.8 Å². The van der Waals surface area contributed by atoms with Gasteiger partial charge in [-0.25, -0.2) is 9.37 Å². The zero-order valence-corrected chi connectivity index (χ0v) is 13.7. The van der Waals surface area contributed by atoms with Crippen LogP contribution >= 0.6 is 0 Å². The third-order valence-electron chi connectivity index (χ3n) is 4.26. The maximum Gasteiger partial charge on any atom is 0.273 e. The number of benzene rings is 1. The molecule has 0 bridgehead atoms. The van der Waals surface area contributed by atoms with Crippen LogP contribution in [-0.2, 0) is 7.05 Å². The molecule has 0 saturated heterocycles. The van der Waals surface area contributed by atoms with Gasteiger partial charge in [0.25, 0.3) is 5.91 Å². The SMILES string of the molecule is Cc1ccc(-c2noc([C@H]3C[C@@H]3F)n2)cc1NC(=O)c1cncn1C. The number of aromatic nitrogens is 4. The molecule has 1 aliphatic rings. The topological polar surface area (TPSA) is 85.8 Å². The number of anilines is 1. The van der Waals surface area contributed by atoms with Crippen LogP contribution in [0, 0.1) is 6.92 Å². The number of rotatable bonds is 4. The van der Waals surface area contributed by atoms with Crippen molar-refractivity contribution in [3.8, 4) is 11.4 Å². The van der Waals surface area contributed by atoms with Crippen LogP contribution in [0.1, 0.15) is 34.3 Å². The molecule has 7 nitrogen and oxygen atoms in total. The van der Waals surface area contributed by atoms with Crippen LogP contribution in [0.3, 0.4) is 0 Å². The predicted molar refractivity (Wildman–Crippen MR) is 87.9 cm³/mol. The molecule has 128 valence electrons. The first kappa shape index (κ1) is 15.5. The van der Waals surface area contributed by atoms with Crippen molar-refractivity contribution >= 4 is 11.6 Å². The number of carbonyl (C=O) groups excluding carboxylic acids is 1. The molecule has 2 aromatic heterocycles. The first-order valence-corrected chi connectivity index (χ1v) is 7.89. The monoisotopic (exact) mass is 341 g/mol. The van der Waals surface area contributed by atoms with E-state index in [1.807, 2.05) is 19.1 Å². The van der Waals surface area contributed by atoms with Crippen molar-refractivity contribution in [1.29, 1.82) is 0 Å². The summed E-state index contributed by atoms with van der Waals surface area (Å²) in [4.78, 5) is 20.6. The molecule has 2 atom stereocenters. The van der Waals surface area contributed by atoms with E-state index in [9.17, 15) is 9.18 Å². The molecular formula is C17H16FN5O2. The average molecular weight is 341 g/mol. The molecule has 3 aromatic rings. The van der Waals surface area contributed by atoms with Crippen LogP contribution in [0.4, 0.5) is 10.1 Å². The van der Waals surface area contributed by atoms with E-state index in [1.54, 1.807) is 24.0 Å². The zero-order valence-electron chi connectivity index (χ0n) is 13.7. The van der Waals surface area contributed by atoms with Crippen LogP contribution in [0.2, 0.25) is 0 Å². The maximum absolute atomic E-state index is 13.1. The second-order valence-electron chi connectivity index (χ2n) is 6.19. The van der Waals surface area contributed by atoms with Crippen molar-refractivity contribution in [3.05, 3.63) is 47.9 Å². The minimum atomic E-state index is -0.889. The number of hydrogen-bond acceptors (Lipinski definition) is 5. The molecular weight excluding hydrogens is 325 g/mol. The quantitative estimate of drug-likeness (QED) is 0.788. The molecule has 2 heterocycles. The van der Waals surface area contributed by atoms with Gasteiger partial charge in [-0.05, 0) is 25.0 Å². The molecule has 0 spiro atoms. The lowest BCUT2D eigenvalue weighted by Gasteiger charge is -2.09. The molecule has 0 radical (unpaired) electrons. The van der Waals surface area contributed by atoms with Gasteiger partial charge in [0.1, 0.15) is 11.9 Å². The minimum Gasteiger partial charge on any atom is -0.339 e. The molecule has 0 aliphatic heterocycles. The fraction of sp³-hybridized carbons (Fsp3) is 0.294. The zero-order chi connectivity index (χ0) is 17.6. The summed E-state index contributed by atoms with van der Waals surface area (Å²) >= 11 is 0. The van der Waals surface area contributed by atoms with Gasteiger partial charge < -0.3 is 14.4 Å². The Morgan fingerprint density at radius 1 is 1.44 bits per heavy atom. The average Bonchev–Trinajstić information content (AvgIpc) is 3.00. The highest BCUT2D eigenvalue weighted by molar-refractivity contribution is 6.03. The number of hydrogen-bond donors (Lipinski definition) is 1. The van der Waals surface area contributed by atoms with Crippen molar-refractivity contribution in [2.45, 2.75) is 25.4 Å². The van der Waals surface area contributed by atoms with E-state index in [4.69, 9.17) is 4.52 Å². The summed E-state index contributed by atoms with van der Waals surface area (Å²) in [6.45, 7) is 1.89. The standard InChI is InChI=1S/C17H16FN5O2/c1-9-3-4-10(15-21-17(25-22-15)11-6-12(11)18)5-13(9)20-16(24)14-7-19-8-23(14)2/h3-5,7-8,11-12H,6H2,1-2H3,(H,20,24)/t11-,12-/m0/s1. The van der Waals surface area contributed by atoms with Crippen molar-refractivity contribution in [1.82, 2.24) is 19.7 Å². The third kappa shape index (κ3) is 2.90. The summed E-state index contributed by atoms with van der Waals surface area (Å²) in [7, 11) is 1.75. The van der Waals surface area contributed by atoms with Crippen molar-refractivity contribution < 1.29 is 13.7 Å². The van der Waals surface area contributed by atoms with Gasteiger partial charge >= 0.3 is 0 Å². The lowest BCUT2D eigenvalue weighted by atomic mass is 10.1. The molecule has 1 aliphatic carbocycles. The number of halogens is 1. The van der Waals surface area contributed by atoms with Crippen molar-refractivity contribution in [2.75, 3.05) is 5.32 Å². The van der Waals surface area contributed by atoms with Gasteiger partial charge in [0.2, 0.25) is 11.7 Å². The van der Waals surface area contributed by atoms with E-state index >= 15 is 0 Å².